The van der Waals surface area contributed by atoms with Crippen LogP contribution in [0.25, 0.3) is 11.0 Å². The van der Waals surface area contributed by atoms with Crippen molar-refractivity contribution in [1.29, 1.82) is 0 Å². The van der Waals surface area contributed by atoms with E-state index in [9.17, 15) is 4.79 Å². The van der Waals surface area contributed by atoms with Gasteiger partial charge in [0.25, 0.3) is 0 Å². The summed E-state index contributed by atoms with van der Waals surface area (Å²) in [5.74, 6) is 1.18. The maximum absolute atomic E-state index is 10.8. The minimum atomic E-state index is -0.311. The smallest absolute Gasteiger partial charge is 0.303 e. The van der Waals surface area contributed by atoms with Crippen LogP contribution in [0.15, 0.2) is 18.2 Å². The normalized spacial score (nSPS) is 10.5. The lowest BCUT2D eigenvalue weighted by Gasteiger charge is -2.03. The highest BCUT2D eigenvalue weighted by Gasteiger charge is 2.09. The highest BCUT2D eigenvalue weighted by molar-refractivity contribution is 5.77. The van der Waals surface area contributed by atoms with Crippen LogP contribution < -0.4 is 4.74 Å². The molecule has 0 amide bonds. The molecule has 2 rings (SSSR count). The third-order valence-electron chi connectivity index (χ3n) is 2.59. The molecule has 1 aromatic heterocycles. The minimum Gasteiger partial charge on any atom is -0.497 e. The van der Waals surface area contributed by atoms with Gasteiger partial charge in [0.2, 0.25) is 0 Å². The molecule has 0 aliphatic carbocycles. The van der Waals surface area contributed by atoms with Crippen LogP contribution >= 0.6 is 0 Å². The summed E-state index contributed by atoms with van der Waals surface area (Å²) >= 11 is 0. The van der Waals surface area contributed by atoms with E-state index in [2.05, 4.69) is 4.98 Å². The van der Waals surface area contributed by atoms with E-state index < -0.39 is 0 Å². The lowest BCUT2D eigenvalue weighted by Crippen LogP contribution is -2.04. The Morgan fingerprint density at radius 1 is 1.47 bits per heavy atom. The summed E-state index contributed by atoms with van der Waals surface area (Å²) in [5.41, 5.74) is 1.81. The maximum atomic E-state index is 10.8. The van der Waals surface area contributed by atoms with Crippen LogP contribution in [0.2, 0.25) is 0 Å². The Morgan fingerprint density at radius 2 is 2.24 bits per heavy atom. The number of fused-ring (bicyclic) bond motifs is 1. The molecule has 0 saturated carbocycles. The van der Waals surface area contributed by atoms with Crippen molar-refractivity contribution in [3.05, 3.63) is 24.0 Å². The van der Waals surface area contributed by atoms with E-state index in [1.165, 1.54) is 6.92 Å². The Labute approximate surface area is 99.0 Å². The molecule has 0 saturated heterocycles. The van der Waals surface area contributed by atoms with E-state index in [0.717, 1.165) is 16.8 Å². The monoisotopic (exact) mass is 234 g/mol. The molecule has 0 fully saturated rings. The summed E-state index contributed by atoms with van der Waals surface area (Å²) in [4.78, 5) is 15.2. The first-order chi connectivity index (χ1) is 8.11. The molecule has 5 heteroatoms. The van der Waals surface area contributed by atoms with E-state index >= 15 is 0 Å². The molecule has 0 N–H and O–H groups in total. The van der Waals surface area contributed by atoms with E-state index in [1.54, 1.807) is 7.11 Å². The first-order valence-electron chi connectivity index (χ1n) is 5.24. The lowest BCUT2D eigenvalue weighted by atomic mass is 10.3. The highest BCUT2D eigenvalue weighted by Crippen LogP contribution is 2.21. The molecular weight excluding hydrogens is 220 g/mol. The third kappa shape index (κ3) is 2.22. The molecule has 1 aromatic carbocycles. The van der Waals surface area contributed by atoms with E-state index in [0.29, 0.717) is 5.82 Å². The second-order valence-corrected chi connectivity index (χ2v) is 3.72. The van der Waals surface area contributed by atoms with Gasteiger partial charge in [-0.25, -0.2) is 4.98 Å². The fraction of sp³-hybridized carbons (Fsp3) is 0.333. The number of imidazole rings is 1. The van der Waals surface area contributed by atoms with Crippen LogP contribution in [0, 0.1) is 0 Å². The van der Waals surface area contributed by atoms with Crippen molar-refractivity contribution >= 4 is 17.0 Å². The van der Waals surface area contributed by atoms with E-state index in [1.807, 2.05) is 29.8 Å². The Kier molecular flexibility index (Phi) is 2.99. The maximum Gasteiger partial charge on any atom is 0.303 e. The van der Waals surface area contributed by atoms with Crippen molar-refractivity contribution in [2.45, 2.75) is 13.5 Å². The number of rotatable bonds is 3. The van der Waals surface area contributed by atoms with Gasteiger partial charge in [-0.2, -0.15) is 0 Å². The summed E-state index contributed by atoms with van der Waals surface area (Å²) < 4.78 is 12.0. The molecule has 5 nitrogen and oxygen atoms in total. The van der Waals surface area contributed by atoms with Gasteiger partial charge in [-0.15, -0.1) is 0 Å². The highest BCUT2D eigenvalue weighted by atomic mass is 16.5. The fourth-order valence-corrected chi connectivity index (χ4v) is 1.64. The molecule has 0 unspecified atom stereocenters. The van der Waals surface area contributed by atoms with Gasteiger partial charge >= 0.3 is 5.97 Å². The molecule has 0 spiro atoms. The number of ether oxygens (including phenoxy) is 2. The second-order valence-electron chi connectivity index (χ2n) is 3.72. The van der Waals surface area contributed by atoms with Gasteiger partial charge in [0.15, 0.2) is 0 Å². The predicted octanol–water partition coefficient (Wildman–Crippen LogP) is 1.64. The number of carbonyl (C=O) groups excluding carboxylic acids is 1. The number of hydrogen-bond acceptors (Lipinski definition) is 4. The van der Waals surface area contributed by atoms with Crippen molar-refractivity contribution in [1.82, 2.24) is 9.55 Å². The predicted molar refractivity (Wildman–Crippen MR) is 62.7 cm³/mol. The number of aromatic nitrogens is 2. The average molecular weight is 234 g/mol. The molecule has 0 aliphatic heterocycles. The van der Waals surface area contributed by atoms with Crippen LogP contribution in [0.1, 0.15) is 12.7 Å². The zero-order valence-corrected chi connectivity index (χ0v) is 10.1. The van der Waals surface area contributed by atoms with Gasteiger partial charge in [0.05, 0.1) is 18.1 Å². The molecule has 0 atom stereocenters. The standard InChI is InChI=1S/C12H14N2O3/c1-8(15)17-7-12-13-10-5-4-9(16-3)6-11(10)14(12)2/h4-6H,7H2,1-3H3. The van der Waals surface area contributed by atoms with Crippen molar-refractivity contribution < 1.29 is 14.3 Å². The molecular formula is C12H14N2O3. The quantitative estimate of drug-likeness (QED) is 0.758. The number of nitrogens with zero attached hydrogens (tertiary/aromatic N) is 2. The van der Waals surface area contributed by atoms with Crippen molar-refractivity contribution in [3.63, 3.8) is 0 Å². The second kappa shape index (κ2) is 4.45. The average Bonchev–Trinajstić information content (AvgIpc) is 2.63. The molecule has 0 bridgehead atoms. The van der Waals surface area contributed by atoms with Gasteiger partial charge < -0.3 is 14.0 Å². The summed E-state index contributed by atoms with van der Waals surface area (Å²) in [7, 11) is 3.50. The van der Waals surface area contributed by atoms with E-state index in [-0.39, 0.29) is 12.6 Å². The minimum absolute atomic E-state index is 0.183. The summed E-state index contributed by atoms with van der Waals surface area (Å²) in [5, 5.41) is 0. The van der Waals surface area contributed by atoms with Crippen LogP contribution in [-0.2, 0) is 23.2 Å². The van der Waals surface area contributed by atoms with Crippen LogP contribution in [-0.4, -0.2) is 22.6 Å². The lowest BCUT2D eigenvalue weighted by molar-refractivity contribution is -0.142. The first kappa shape index (κ1) is 11.4. The number of benzene rings is 1. The number of hydrogen-bond donors (Lipinski definition) is 0. The summed E-state index contributed by atoms with van der Waals surface area (Å²) in [6.45, 7) is 1.56. The zero-order chi connectivity index (χ0) is 12.4. The number of carbonyl (C=O) groups is 1. The Balaban J connectivity index is 2.38. The summed E-state index contributed by atoms with van der Waals surface area (Å²) in [6.07, 6.45) is 0. The van der Waals surface area contributed by atoms with Gasteiger partial charge in [-0.05, 0) is 12.1 Å². The van der Waals surface area contributed by atoms with Gasteiger partial charge in [0.1, 0.15) is 18.2 Å². The first-order valence-corrected chi connectivity index (χ1v) is 5.24. The van der Waals surface area contributed by atoms with Crippen LogP contribution in [0.5, 0.6) is 5.75 Å². The van der Waals surface area contributed by atoms with Gasteiger partial charge in [0, 0.05) is 20.0 Å². The molecule has 0 aliphatic rings. The topological polar surface area (TPSA) is 53.4 Å². The fourth-order valence-electron chi connectivity index (χ4n) is 1.64. The van der Waals surface area contributed by atoms with Gasteiger partial charge in [-0.1, -0.05) is 0 Å². The number of aryl methyl sites for hydroxylation is 1. The molecule has 17 heavy (non-hydrogen) atoms. The molecule has 90 valence electrons. The molecule has 0 radical (unpaired) electrons. The molecule has 1 heterocycles. The van der Waals surface area contributed by atoms with Crippen molar-refractivity contribution in [2.75, 3.05) is 7.11 Å². The SMILES string of the molecule is COc1ccc2nc(COC(C)=O)n(C)c2c1. The Bertz CT molecular complexity index is 560. The van der Waals surface area contributed by atoms with E-state index in [4.69, 9.17) is 9.47 Å². The van der Waals surface area contributed by atoms with Crippen molar-refractivity contribution in [3.8, 4) is 5.75 Å². The third-order valence-corrected chi connectivity index (χ3v) is 2.59. The Hall–Kier alpha value is -2.04. The van der Waals surface area contributed by atoms with Crippen molar-refractivity contribution in [2.24, 2.45) is 7.05 Å². The van der Waals surface area contributed by atoms with Crippen LogP contribution in [0.3, 0.4) is 0 Å². The zero-order valence-electron chi connectivity index (χ0n) is 10.1. The Morgan fingerprint density at radius 3 is 2.88 bits per heavy atom. The number of esters is 1. The number of methoxy groups -OCH3 is 1. The van der Waals surface area contributed by atoms with Crippen LogP contribution in [0.4, 0.5) is 0 Å². The van der Waals surface area contributed by atoms with Gasteiger partial charge in [-0.3, -0.25) is 4.79 Å². The largest absolute Gasteiger partial charge is 0.497 e. The molecule has 2 aromatic rings. The summed E-state index contributed by atoms with van der Waals surface area (Å²) in [6, 6.07) is 5.63.